The molecule has 0 fully saturated rings. The van der Waals surface area contributed by atoms with E-state index in [2.05, 4.69) is 100 Å². The molecule has 0 unspecified atom stereocenters. The van der Waals surface area contributed by atoms with Crippen LogP contribution in [0.15, 0.2) is 72.8 Å². The van der Waals surface area contributed by atoms with E-state index in [1.807, 2.05) is 13.8 Å². The van der Waals surface area contributed by atoms with Gasteiger partial charge in [0.05, 0.1) is 0 Å². The molecule has 0 nitrogen and oxygen atoms in total. The molecule has 0 saturated carbocycles. The molecule has 27 heavy (non-hydrogen) atoms. The minimum absolute atomic E-state index is 1.25. The van der Waals surface area contributed by atoms with Crippen molar-refractivity contribution in [3.8, 4) is 11.1 Å². The van der Waals surface area contributed by atoms with Crippen molar-refractivity contribution in [2.45, 2.75) is 48.0 Å². The first-order chi connectivity index (χ1) is 13.2. The van der Waals surface area contributed by atoms with Crippen molar-refractivity contribution in [3.63, 3.8) is 0 Å². The maximum Gasteiger partial charge on any atom is -0.00241 e. The Morgan fingerprint density at radius 1 is 0.593 bits per heavy atom. The molecule has 4 rings (SSSR count). The smallest absolute Gasteiger partial charge is 0.00241 e. The molecule has 4 aromatic carbocycles. The van der Waals surface area contributed by atoms with E-state index in [0.29, 0.717) is 0 Å². The standard InChI is InChI=1S/C22H18.C3H8.C2H6/c1-15-7-3-5-9-19(15)21-16(2)11-12-18-14-13-17-8-4-6-10-20(17)22(18)21;1-3-2;1-2/h3-14H,1-2H3;3H2,1-2H3;1-2H3. The highest BCUT2D eigenvalue weighted by atomic mass is 14.2. The normalized spacial score (nSPS) is 10.0. The second-order valence-electron chi connectivity index (χ2n) is 6.66. The van der Waals surface area contributed by atoms with Crippen molar-refractivity contribution in [3.05, 3.63) is 83.9 Å². The third-order valence-corrected chi connectivity index (χ3v) is 4.53. The molecule has 0 atom stereocenters. The molecule has 0 heterocycles. The van der Waals surface area contributed by atoms with Crippen LogP contribution < -0.4 is 0 Å². The van der Waals surface area contributed by atoms with Gasteiger partial charge in [-0.2, -0.15) is 0 Å². The van der Waals surface area contributed by atoms with Crippen molar-refractivity contribution in [1.29, 1.82) is 0 Å². The summed E-state index contributed by atoms with van der Waals surface area (Å²) in [6, 6.07) is 26.3. The number of hydrogen-bond donors (Lipinski definition) is 0. The van der Waals surface area contributed by atoms with Crippen LogP contribution in [0.25, 0.3) is 32.7 Å². The first-order valence-electron chi connectivity index (χ1n) is 10.1. The average Bonchev–Trinajstić information content (AvgIpc) is 2.71. The molecule has 0 aliphatic rings. The SMILES string of the molecule is CC.CCC.Cc1ccccc1-c1c(C)ccc2ccc3ccccc3c12. The van der Waals surface area contributed by atoms with Gasteiger partial charge in [-0.1, -0.05) is 107 Å². The van der Waals surface area contributed by atoms with Crippen molar-refractivity contribution in [2.24, 2.45) is 0 Å². The first kappa shape index (κ1) is 20.7. The third-order valence-electron chi connectivity index (χ3n) is 4.53. The zero-order chi connectivity index (χ0) is 19.8. The quantitative estimate of drug-likeness (QED) is 0.299. The van der Waals surface area contributed by atoms with E-state index in [1.54, 1.807) is 0 Å². The maximum atomic E-state index is 2.24. The Labute approximate surface area is 164 Å². The summed E-state index contributed by atoms with van der Waals surface area (Å²) in [6.07, 6.45) is 1.25. The van der Waals surface area contributed by atoms with Crippen LogP contribution in [-0.4, -0.2) is 0 Å². The van der Waals surface area contributed by atoms with Gasteiger partial charge >= 0.3 is 0 Å². The third kappa shape index (κ3) is 4.39. The predicted molar refractivity (Wildman–Crippen MR) is 124 cm³/mol. The number of benzene rings is 4. The molecular formula is C27H32. The van der Waals surface area contributed by atoms with Gasteiger partial charge in [0.1, 0.15) is 0 Å². The Kier molecular flexibility index (Phi) is 7.61. The Morgan fingerprint density at radius 2 is 1.15 bits per heavy atom. The van der Waals surface area contributed by atoms with Gasteiger partial charge in [0.2, 0.25) is 0 Å². The molecule has 0 N–H and O–H groups in total. The highest BCUT2D eigenvalue weighted by Gasteiger charge is 2.11. The largest absolute Gasteiger partial charge is 0.0683 e. The fourth-order valence-electron chi connectivity index (χ4n) is 3.40. The van der Waals surface area contributed by atoms with Crippen LogP contribution in [0.3, 0.4) is 0 Å². The summed E-state index contributed by atoms with van der Waals surface area (Å²) in [5.74, 6) is 0. The molecule has 0 bridgehead atoms. The second kappa shape index (κ2) is 9.92. The van der Waals surface area contributed by atoms with E-state index in [9.17, 15) is 0 Å². The van der Waals surface area contributed by atoms with Crippen LogP contribution in [0.1, 0.15) is 45.2 Å². The molecule has 4 aromatic rings. The van der Waals surface area contributed by atoms with Crippen LogP contribution in [0.5, 0.6) is 0 Å². The summed E-state index contributed by atoms with van der Waals surface area (Å²) in [4.78, 5) is 0. The molecule has 0 amide bonds. The summed E-state index contributed by atoms with van der Waals surface area (Å²) in [5.41, 5.74) is 5.36. The Hall–Kier alpha value is -2.60. The molecule has 0 radical (unpaired) electrons. The lowest BCUT2D eigenvalue weighted by Crippen LogP contribution is -1.90. The van der Waals surface area contributed by atoms with Crippen LogP contribution in [0.2, 0.25) is 0 Å². The second-order valence-corrected chi connectivity index (χ2v) is 6.66. The van der Waals surface area contributed by atoms with Gasteiger partial charge in [-0.15, -0.1) is 0 Å². The van der Waals surface area contributed by atoms with Gasteiger partial charge in [-0.05, 0) is 57.6 Å². The fraction of sp³-hybridized carbons (Fsp3) is 0.259. The lowest BCUT2D eigenvalue weighted by atomic mass is 9.89. The van der Waals surface area contributed by atoms with Crippen molar-refractivity contribution in [1.82, 2.24) is 0 Å². The fourth-order valence-corrected chi connectivity index (χ4v) is 3.40. The monoisotopic (exact) mass is 356 g/mol. The molecule has 0 aliphatic carbocycles. The number of hydrogen-bond acceptors (Lipinski definition) is 0. The Morgan fingerprint density at radius 3 is 1.85 bits per heavy atom. The van der Waals surface area contributed by atoms with E-state index in [-0.39, 0.29) is 0 Å². The molecule has 0 aliphatic heterocycles. The minimum Gasteiger partial charge on any atom is -0.0683 e. The number of fused-ring (bicyclic) bond motifs is 3. The van der Waals surface area contributed by atoms with Gasteiger partial charge < -0.3 is 0 Å². The van der Waals surface area contributed by atoms with Crippen LogP contribution in [0, 0.1) is 13.8 Å². The summed E-state index contributed by atoms with van der Waals surface area (Å²) in [7, 11) is 0. The van der Waals surface area contributed by atoms with E-state index in [0.717, 1.165) is 0 Å². The van der Waals surface area contributed by atoms with Gasteiger partial charge in [-0.25, -0.2) is 0 Å². The highest BCUT2D eigenvalue weighted by molar-refractivity contribution is 6.15. The molecule has 0 heteroatoms. The molecular weight excluding hydrogens is 324 g/mol. The van der Waals surface area contributed by atoms with Crippen LogP contribution in [0.4, 0.5) is 0 Å². The van der Waals surface area contributed by atoms with Gasteiger partial charge in [0.25, 0.3) is 0 Å². The minimum atomic E-state index is 1.25. The van der Waals surface area contributed by atoms with E-state index < -0.39 is 0 Å². The van der Waals surface area contributed by atoms with E-state index >= 15 is 0 Å². The number of rotatable bonds is 1. The van der Waals surface area contributed by atoms with Crippen LogP contribution >= 0.6 is 0 Å². The van der Waals surface area contributed by atoms with Gasteiger partial charge in [0, 0.05) is 0 Å². The summed E-state index contributed by atoms with van der Waals surface area (Å²) >= 11 is 0. The summed E-state index contributed by atoms with van der Waals surface area (Å²) in [6.45, 7) is 12.7. The molecule has 0 spiro atoms. The summed E-state index contributed by atoms with van der Waals surface area (Å²) in [5, 5.41) is 5.31. The van der Waals surface area contributed by atoms with E-state index in [4.69, 9.17) is 0 Å². The Balaban J connectivity index is 0.000000478. The van der Waals surface area contributed by atoms with Crippen molar-refractivity contribution in [2.75, 3.05) is 0 Å². The zero-order valence-electron chi connectivity index (χ0n) is 17.6. The first-order valence-corrected chi connectivity index (χ1v) is 10.1. The lowest BCUT2D eigenvalue weighted by molar-refractivity contribution is 1.09. The molecule has 140 valence electrons. The maximum absolute atomic E-state index is 2.24. The van der Waals surface area contributed by atoms with Crippen LogP contribution in [-0.2, 0) is 0 Å². The molecule has 0 aromatic heterocycles. The van der Waals surface area contributed by atoms with Crippen molar-refractivity contribution < 1.29 is 0 Å². The van der Waals surface area contributed by atoms with E-state index in [1.165, 1.54) is 50.2 Å². The highest BCUT2D eigenvalue weighted by Crippen LogP contribution is 2.37. The average molecular weight is 357 g/mol. The lowest BCUT2D eigenvalue weighted by Gasteiger charge is -2.15. The molecule has 0 saturated heterocycles. The van der Waals surface area contributed by atoms with Crippen molar-refractivity contribution >= 4 is 21.5 Å². The predicted octanol–water partition coefficient (Wildman–Crippen LogP) is 8.72. The zero-order valence-corrected chi connectivity index (χ0v) is 17.6. The topological polar surface area (TPSA) is 0 Å². The number of aryl methyl sites for hydroxylation is 2. The summed E-state index contributed by atoms with van der Waals surface area (Å²) < 4.78 is 0. The Bertz CT molecular complexity index is 1010. The van der Waals surface area contributed by atoms with Gasteiger partial charge in [0.15, 0.2) is 0 Å². The van der Waals surface area contributed by atoms with Gasteiger partial charge in [-0.3, -0.25) is 0 Å².